The number of anilines is 3. The number of aromatic nitrogens is 2. The standard InChI is InChI=1S/C21H29N5O4/c1-4-6-12-25(20(29)15-8-10-16(11-9-15)23-14(3)27)17-18(22)26(13-7-5-2)21(30)24-19(17)28/h8-11H,4-7,12-13,22H2,1-3H3,(H,23,27)(H,24,28,30). The number of hydrogen-bond acceptors (Lipinski definition) is 5. The number of nitrogens with one attached hydrogen (secondary N) is 2. The largest absolute Gasteiger partial charge is 0.383 e. The lowest BCUT2D eigenvalue weighted by Gasteiger charge is -2.24. The van der Waals surface area contributed by atoms with Gasteiger partial charge in [-0.05, 0) is 37.1 Å². The van der Waals surface area contributed by atoms with Crippen LogP contribution in [0.2, 0.25) is 0 Å². The van der Waals surface area contributed by atoms with Gasteiger partial charge in [0.15, 0.2) is 5.69 Å². The molecule has 2 rings (SSSR count). The summed E-state index contributed by atoms with van der Waals surface area (Å²) in [5.74, 6) is -0.639. The SMILES string of the molecule is CCCCN(C(=O)c1ccc(NC(C)=O)cc1)c1c(N)n(CCCC)c(=O)[nH]c1=O. The number of rotatable bonds is 9. The first-order valence-corrected chi connectivity index (χ1v) is 10.1. The summed E-state index contributed by atoms with van der Waals surface area (Å²) >= 11 is 0. The maximum absolute atomic E-state index is 13.2. The number of nitrogen functional groups attached to an aromatic ring is 1. The van der Waals surface area contributed by atoms with Crippen molar-refractivity contribution in [1.82, 2.24) is 9.55 Å². The van der Waals surface area contributed by atoms with Crippen molar-refractivity contribution in [3.8, 4) is 0 Å². The number of carbonyl (C=O) groups is 2. The van der Waals surface area contributed by atoms with E-state index < -0.39 is 17.2 Å². The summed E-state index contributed by atoms with van der Waals surface area (Å²) in [5, 5.41) is 2.64. The minimum atomic E-state index is -0.690. The summed E-state index contributed by atoms with van der Waals surface area (Å²) in [6, 6.07) is 6.37. The van der Waals surface area contributed by atoms with E-state index in [1.54, 1.807) is 24.3 Å². The second kappa shape index (κ2) is 10.4. The number of unbranched alkanes of at least 4 members (excludes halogenated alkanes) is 2. The van der Waals surface area contributed by atoms with Crippen LogP contribution in [0.15, 0.2) is 33.9 Å². The average molecular weight is 415 g/mol. The minimum Gasteiger partial charge on any atom is -0.383 e. The fraction of sp³-hybridized carbons (Fsp3) is 0.429. The number of H-pyrrole nitrogens is 1. The molecule has 0 bridgehead atoms. The molecule has 9 heteroatoms. The highest BCUT2D eigenvalue weighted by atomic mass is 16.2. The van der Waals surface area contributed by atoms with Crippen LogP contribution in [0.3, 0.4) is 0 Å². The molecule has 30 heavy (non-hydrogen) atoms. The van der Waals surface area contributed by atoms with Crippen LogP contribution in [-0.4, -0.2) is 27.9 Å². The van der Waals surface area contributed by atoms with Gasteiger partial charge in [-0.2, -0.15) is 0 Å². The Hall–Kier alpha value is -3.36. The Bertz CT molecular complexity index is 1010. The Kier molecular flexibility index (Phi) is 7.97. The molecule has 0 fully saturated rings. The molecule has 1 aromatic heterocycles. The van der Waals surface area contributed by atoms with Crippen LogP contribution in [0.5, 0.6) is 0 Å². The van der Waals surface area contributed by atoms with Gasteiger partial charge < -0.3 is 16.0 Å². The molecule has 0 aliphatic rings. The third-order valence-corrected chi connectivity index (χ3v) is 4.65. The summed E-state index contributed by atoms with van der Waals surface area (Å²) in [4.78, 5) is 52.9. The molecule has 0 radical (unpaired) electrons. The van der Waals surface area contributed by atoms with Gasteiger partial charge in [-0.1, -0.05) is 26.7 Å². The molecule has 1 aromatic carbocycles. The normalized spacial score (nSPS) is 10.6. The van der Waals surface area contributed by atoms with Crippen molar-refractivity contribution in [2.45, 2.75) is 53.0 Å². The molecule has 0 aliphatic carbocycles. The third-order valence-electron chi connectivity index (χ3n) is 4.65. The molecule has 2 aromatic rings. The fourth-order valence-electron chi connectivity index (χ4n) is 3.06. The molecule has 2 amide bonds. The van der Waals surface area contributed by atoms with Gasteiger partial charge in [0.1, 0.15) is 5.82 Å². The van der Waals surface area contributed by atoms with E-state index in [2.05, 4.69) is 10.3 Å². The van der Waals surface area contributed by atoms with E-state index in [1.165, 1.54) is 16.4 Å². The quantitative estimate of drug-likeness (QED) is 0.579. The molecule has 0 saturated heterocycles. The van der Waals surface area contributed by atoms with Gasteiger partial charge in [0.05, 0.1) is 0 Å². The van der Waals surface area contributed by atoms with Gasteiger partial charge in [0.2, 0.25) is 5.91 Å². The van der Waals surface area contributed by atoms with Crippen LogP contribution < -0.4 is 27.2 Å². The van der Waals surface area contributed by atoms with Gasteiger partial charge in [-0.15, -0.1) is 0 Å². The molecule has 0 spiro atoms. The van der Waals surface area contributed by atoms with E-state index >= 15 is 0 Å². The lowest BCUT2D eigenvalue weighted by Crippen LogP contribution is -2.41. The molecule has 0 saturated carbocycles. The van der Waals surface area contributed by atoms with E-state index in [0.29, 0.717) is 30.6 Å². The summed E-state index contributed by atoms with van der Waals surface area (Å²) in [6.45, 7) is 5.98. The fourth-order valence-corrected chi connectivity index (χ4v) is 3.06. The second-order valence-electron chi connectivity index (χ2n) is 7.07. The van der Waals surface area contributed by atoms with Crippen LogP contribution in [0, 0.1) is 0 Å². The summed E-state index contributed by atoms with van der Waals surface area (Å²) in [6.07, 6.45) is 3.02. The zero-order chi connectivity index (χ0) is 22.3. The molecule has 1 heterocycles. The van der Waals surface area contributed by atoms with Crippen LogP contribution in [0.4, 0.5) is 17.2 Å². The lowest BCUT2D eigenvalue weighted by molar-refractivity contribution is -0.114. The van der Waals surface area contributed by atoms with E-state index in [-0.39, 0.29) is 24.0 Å². The number of aromatic amines is 1. The van der Waals surface area contributed by atoms with Crippen molar-refractivity contribution < 1.29 is 9.59 Å². The van der Waals surface area contributed by atoms with Crippen LogP contribution in [-0.2, 0) is 11.3 Å². The summed E-state index contributed by atoms with van der Waals surface area (Å²) < 4.78 is 1.30. The van der Waals surface area contributed by atoms with Gasteiger partial charge in [-0.3, -0.25) is 23.9 Å². The Balaban J connectivity index is 2.49. The second-order valence-corrected chi connectivity index (χ2v) is 7.07. The molecular weight excluding hydrogens is 386 g/mol. The summed E-state index contributed by atoms with van der Waals surface area (Å²) in [5.41, 5.74) is 5.80. The van der Waals surface area contributed by atoms with E-state index in [9.17, 15) is 19.2 Å². The lowest BCUT2D eigenvalue weighted by atomic mass is 10.1. The molecule has 9 nitrogen and oxygen atoms in total. The van der Waals surface area contributed by atoms with Crippen molar-refractivity contribution in [3.63, 3.8) is 0 Å². The highest BCUT2D eigenvalue weighted by Crippen LogP contribution is 2.21. The van der Waals surface area contributed by atoms with E-state index in [1.807, 2.05) is 13.8 Å². The van der Waals surface area contributed by atoms with Crippen molar-refractivity contribution >= 4 is 29.0 Å². The molecule has 0 atom stereocenters. The molecule has 4 N–H and O–H groups in total. The Morgan fingerprint density at radius 2 is 1.73 bits per heavy atom. The number of carbonyl (C=O) groups excluding carboxylic acids is 2. The predicted octanol–water partition coefficient (Wildman–Crippen LogP) is 2.32. The first-order valence-electron chi connectivity index (χ1n) is 10.1. The first-order chi connectivity index (χ1) is 14.3. The van der Waals surface area contributed by atoms with Crippen LogP contribution >= 0.6 is 0 Å². The highest BCUT2D eigenvalue weighted by molar-refractivity contribution is 6.07. The Labute approximate surface area is 174 Å². The zero-order valence-electron chi connectivity index (χ0n) is 17.7. The van der Waals surface area contributed by atoms with Gasteiger partial charge >= 0.3 is 5.69 Å². The summed E-state index contributed by atoms with van der Waals surface area (Å²) in [7, 11) is 0. The monoisotopic (exact) mass is 415 g/mol. The Morgan fingerprint density at radius 1 is 1.10 bits per heavy atom. The Morgan fingerprint density at radius 3 is 2.30 bits per heavy atom. The van der Waals surface area contributed by atoms with Crippen LogP contribution in [0.25, 0.3) is 0 Å². The number of amides is 2. The number of nitrogens with two attached hydrogens (primary N) is 1. The van der Waals surface area contributed by atoms with E-state index in [4.69, 9.17) is 5.73 Å². The van der Waals surface area contributed by atoms with Gasteiger partial charge in [0, 0.05) is 31.3 Å². The first kappa shape index (κ1) is 22.9. The number of benzene rings is 1. The maximum Gasteiger partial charge on any atom is 0.330 e. The smallest absolute Gasteiger partial charge is 0.330 e. The van der Waals surface area contributed by atoms with Gasteiger partial charge in [-0.25, -0.2) is 4.79 Å². The maximum atomic E-state index is 13.2. The average Bonchev–Trinajstić information content (AvgIpc) is 2.69. The third kappa shape index (κ3) is 5.37. The molecular formula is C21H29N5O4. The van der Waals surface area contributed by atoms with Gasteiger partial charge in [0.25, 0.3) is 11.5 Å². The van der Waals surface area contributed by atoms with Crippen molar-refractivity contribution in [3.05, 3.63) is 50.7 Å². The minimum absolute atomic E-state index is 0.0171. The number of nitrogens with zero attached hydrogens (tertiary/aromatic N) is 2. The topological polar surface area (TPSA) is 130 Å². The molecule has 0 unspecified atom stereocenters. The van der Waals surface area contributed by atoms with Crippen LogP contribution in [0.1, 0.15) is 56.8 Å². The zero-order valence-corrected chi connectivity index (χ0v) is 17.7. The van der Waals surface area contributed by atoms with Crippen molar-refractivity contribution in [2.75, 3.05) is 22.5 Å². The van der Waals surface area contributed by atoms with Crippen molar-refractivity contribution in [1.29, 1.82) is 0 Å². The molecule has 162 valence electrons. The van der Waals surface area contributed by atoms with Crippen molar-refractivity contribution in [2.24, 2.45) is 0 Å². The highest BCUT2D eigenvalue weighted by Gasteiger charge is 2.25. The number of hydrogen-bond donors (Lipinski definition) is 3. The predicted molar refractivity (Wildman–Crippen MR) is 118 cm³/mol. The van der Waals surface area contributed by atoms with E-state index in [0.717, 1.165) is 12.8 Å². The molecule has 0 aliphatic heterocycles.